The minimum atomic E-state index is -0.279. The zero-order chi connectivity index (χ0) is 21.1. The largest absolute Gasteiger partial charge is 0.455 e. The van der Waals surface area contributed by atoms with E-state index >= 15 is 0 Å². The molecule has 0 spiro atoms. The number of nitrogens with zero attached hydrogens (tertiary/aromatic N) is 2. The smallest absolute Gasteiger partial charge is 0.271 e. The molecule has 30 heavy (non-hydrogen) atoms. The monoisotopic (exact) mass is 461 g/mol. The van der Waals surface area contributed by atoms with E-state index in [0.29, 0.717) is 11.3 Å². The summed E-state index contributed by atoms with van der Waals surface area (Å²) >= 11 is 3.42. The van der Waals surface area contributed by atoms with Crippen LogP contribution in [0.5, 0.6) is 0 Å². The summed E-state index contributed by atoms with van der Waals surface area (Å²) in [5.74, 6) is 1.02. The molecule has 0 atom stereocenters. The van der Waals surface area contributed by atoms with Gasteiger partial charge >= 0.3 is 0 Å². The van der Waals surface area contributed by atoms with Crippen LogP contribution in [0.25, 0.3) is 17.0 Å². The van der Waals surface area contributed by atoms with E-state index in [4.69, 9.17) is 4.42 Å². The Morgan fingerprint density at radius 1 is 0.933 bits per heavy atom. The number of hydrogen-bond acceptors (Lipinski definition) is 3. The highest BCUT2D eigenvalue weighted by Gasteiger charge is 2.08. The fourth-order valence-electron chi connectivity index (χ4n) is 3.25. The summed E-state index contributed by atoms with van der Waals surface area (Å²) in [4.78, 5) is 12.4. The molecule has 0 fully saturated rings. The van der Waals surface area contributed by atoms with E-state index in [2.05, 4.69) is 57.0 Å². The number of carbonyl (C=O) groups is 1. The van der Waals surface area contributed by atoms with Crippen molar-refractivity contribution >= 4 is 28.1 Å². The van der Waals surface area contributed by atoms with Gasteiger partial charge in [-0.3, -0.25) is 4.79 Å². The van der Waals surface area contributed by atoms with Crippen LogP contribution in [0, 0.1) is 13.8 Å². The number of aryl methyl sites for hydroxylation is 2. The van der Waals surface area contributed by atoms with Gasteiger partial charge in [0, 0.05) is 32.7 Å². The Morgan fingerprint density at radius 2 is 1.60 bits per heavy atom. The first-order valence-electron chi connectivity index (χ1n) is 9.46. The predicted molar refractivity (Wildman–Crippen MR) is 122 cm³/mol. The summed E-state index contributed by atoms with van der Waals surface area (Å²) in [5.41, 5.74) is 7.36. The molecule has 1 amide bonds. The van der Waals surface area contributed by atoms with E-state index in [0.717, 1.165) is 32.9 Å². The van der Waals surface area contributed by atoms with Crippen molar-refractivity contribution in [2.24, 2.45) is 5.10 Å². The first-order chi connectivity index (χ1) is 14.5. The van der Waals surface area contributed by atoms with Gasteiger partial charge in [0.1, 0.15) is 11.5 Å². The third-order valence-electron chi connectivity index (χ3n) is 4.77. The summed E-state index contributed by atoms with van der Waals surface area (Å²) in [6.07, 6.45) is 1.49. The third-order valence-corrected chi connectivity index (χ3v) is 5.30. The number of nitrogens with one attached hydrogen (secondary N) is 1. The zero-order valence-corrected chi connectivity index (χ0v) is 18.2. The lowest BCUT2D eigenvalue weighted by atomic mass is 10.2. The van der Waals surface area contributed by atoms with Crippen molar-refractivity contribution < 1.29 is 9.21 Å². The quantitative estimate of drug-likeness (QED) is 0.298. The van der Waals surface area contributed by atoms with Crippen molar-refractivity contribution in [2.75, 3.05) is 0 Å². The van der Waals surface area contributed by atoms with E-state index in [9.17, 15) is 4.79 Å². The van der Waals surface area contributed by atoms with Gasteiger partial charge in [-0.15, -0.1) is 0 Å². The molecule has 5 nitrogen and oxygen atoms in total. The van der Waals surface area contributed by atoms with Crippen molar-refractivity contribution in [3.05, 3.63) is 100.0 Å². The number of aromatic nitrogens is 1. The van der Waals surface area contributed by atoms with Crippen molar-refractivity contribution in [3.63, 3.8) is 0 Å². The third kappa shape index (κ3) is 4.28. The van der Waals surface area contributed by atoms with Crippen molar-refractivity contribution in [1.29, 1.82) is 0 Å². The summed E-state index contributed by atoms with van der Waals surface area (Å²) in [6.45, 7) is 4.11. The highest BCUT2D eigenvalue weighted by atomic mass is 79.9. The Balaban J connectivity index is 1.40. The maximum absolute atomic E-state index is 12.4. The molecule has 4 aromatic rings. The van der Waals surface area contributed by atoms with Crippen LogP contribution in [-0.4, -0.2) is 16.7 Å². The van der Waals surface area contributed by atoms with Crippen LogP contribution in [0.3, 0.4) is 0 Å². The zero-order valence-electron chi connectivity index (χ0n) is 16.6. The second-order valence-electron chi connectivity index (χ2n) is 6.91. The van der Waals surface area contributed by atoms with Gasteiger partial charge in [0.25, 0.3) is 5.91 Å². The summed E-state index contributed by atoms with van der Waals surface area (Å²) in [7, 11) is 0. The van der Waals surface area contributed by atoms with Crippen molar-refractivity contribution in [3.8, 4) is 17.0 Å². The number of hydrazone groups is 1. The first-order valence-corrected chi connectivity index (χ1v) is 10.2. The van der Waals surface area contributed by atoms with Gasteiger partial charge in [0.15, 0.2) is 0 Å². The number of hydrogen-bond donors (Lipinski definition) is 1. The lowest BCUT2D eigenvalue weighted by molar-refractivity contribution is 0.0955. The molecule has 2 aromatic heterocycles. The predicted octanol–water partition coefficient (Wildman–Crippen LogP) is 5.88. The fraction of sp³-hybridized carbons (Fsp3) is 0.0833. The normalized spacial score (nSPS) is 11.2. The summed E-state index contributed by atoms with van der Waals surface area (Å²) in [5, 5.41) is 4.01. The molecule has 0 aliphatic rings. The molecule has 0 saturated carbocycles. The molecular formula is C24H20BrN3O2. The molecule has 2 aromatic carbocycles. The lowest BCUT2D eigenvalue weighted by Crippen LogP contribution is -2.17. The summed E-state index contributed by atoms with van der Waals surface area (Å²) < 4.78 is 8.90. The Morgan fingerprint density at radius 3 is 2.27 bits per heavy atom. The van der Waals surface area contributed by atoms with Gasteiger partial charge in [-0.1, -0.05) is 28.1 Å². The minimum absolute atomic E-state index is 0.279. The lowest BCUT2D eigenvalue weighted by Gasteiger charge is -2.09. The number of rotatable bonds is 5. The van der Waals surface area contributed by atoms with Crippen molar-refractivity contribution in [2.45, 2.75) is 13.8 Å². The SMILES string of the molecule is Cc1ccc(C)n1-c1ccc(C(=O)N/N=C\c2ccc(-c3ccc(Br)cc3)o2)cc1. The standard InChI is InChI=1S/C24H20BrN3O2/c1-16-3-4-17(2)28(16)21-11-7-19(8-12-21)24(29)27-26-15-22-13-14-23(30-22)18-5-9-20(25)10-6-18/h3-15H,1-2H3,(H,27,29)/b26-15-. The van der Waals surface area contributed by atoms with Crippen molar-refractivity contribution in [1.82, 2.24) is 9.99 Å². The first kappa shape index (κ1) is 19.9. The molecule has 0 saturated heterocycles. The molecule has 2 heterocycles. The maximum atomic E-state index is 12.4. The number of halogens is 1. The van der Waals surface area contributed by atoms with Gasteiger partial charge < -0.3 is 8.98 Å². The van der Waals surface area contributed by atoms with Crippen LogP contribution in [0.15, 0.2) is 86.8 Å². The van der Waals surface area contributed by atoms with Gasteiger partial charge in [-0.2, -0.15) is 5.10 Å². The van der Waals surface area contributed by atoms with Gasteiger partial charge in [-0.05, 0) is 74.5 Å². The van der Waals surface area contributed by atoms with Crippen LogP contribution in [0.4, 0.5) is 0 Å². The van der Waals surface area contributed by atoms with Gasteiger partial charge in [0.05, 0.1) is 6.21 Å². The Hall–Kier alpha value is -3.38. The number of carbonyl (C=O) groups excluding carboxylic acids is 1. The molecule has 1 N–H and O–H groups in total. The Bertz CT molecular complexity index is 1180. The highest BCUT2D eigenvalue weighted by Crippen LogP contribution is 2.23. The average Bonchev–Trinajstić information content (AvgIpc) is 3.35. The van der Waals surface area contributed by atoms with Gasteiger partial charge in [-0.25, -0.2) is 5.43 Å². The van der Waals surface area contributed by atoms with Crippen LogP contribution in [0.1, 0.15) is 27.5 Å². The molecule has 4 rings (SSSR count). The number of furan rings is 1. The molecule has 0 aliphatic carbocycles. The van der Waals surface area contributed by atoms with E-state index < -0.39 is 0 Å². The Labute approximate surface area is 183 Å². The average molecular weight is 462 g/mol. The molecule has 150 valence electrons. The van der Waals surface area contributed by atoms with E-state index in [1.54, 1.807) is 12.1 Å². The fourth-order valence-corrected chi connectivity index (χ4v) is 3.51. The van der Waals surface area contributed by atoms with Crippen LogP contribution < -0.4 is 5.43 Å². The van der Waals surface area contributed by atoms with Crippen LogP contribution in [-0.2, 0) is 0 Å². The number of benzene rings is 2. The Kier molecular flexibility index (Phi) is 5.68. The topological polar surface area (TPSA) is 59.5 Å². The molecule has 0 radical (unpaired) electrons. The molecule has 0 aliphatic heterocycles. The number of amides is 1. The minimum Gasteiger partial charge on any atom is -0.455 e. The molecular weight excluding hydrogens is 442 g/mol. The second-order valence-corrected chi connectivity index (χ2v) is 7.82. The van der Waals surface area contributed by atoms with Crippen LogP contribution in [0.2, 0.25) is 0 Å². The van der Waals surface area contributed by atoms with Crippen LogP contribution >= 0.6 is 15.9 Å². The molecule has 0 unspecified atom stereocenters. The van der Waals surface area contributed by atoms with E-state index in [1.165, 1.54) is 6.21 Å². The van der Waals surface area contributed by atoms with Gasteiger partial charge in [0.2, 0.25) is 0 Å². The molecule has 0 bridgehead atoms. The second kappa shape index (κ2) is 8.55. The summed E-state index contributed by atoms with van der Waals surface area (Å²) in [6, 6.07) is 23.1. The maximum Gasteiger partial charge on any atom is 0.271 e. The van der Waals surface area contributed by atoms with E-state index in [1.807, 2.05) is 48.5 Å². The molecule has 6 heteroatoms. The van der Waals surface area contributed by atoms with E-state index in [-0.39, 0.29) is 5.91 Å². The highest BCUT2D eigenvalue weighted by molar-refractivity contribution is 9.10.